The van der Waals surface area contributed by atoms with Crippen LogP contribution in [0.4, 0.5) is 11.4 Å². The molecule has 0 unspecified atom stereocenters. The maximum atomic E-state index is 12.8. The zero-order valence-corrected chi connectivity index (χ0v) is 16.8. The van der Waals surface area contributed by atoms with Gasteiger partial charge in [0, 0.05) is 5.56 Å². The highest BCUT2D eigenvalue weighted by molar-refractivity contribution is 6.46. The van der Waals surface area contributed by atoms with Crippen LogP contribution in [0.15, 0.2) is 47.1 Å². The quantitative estimate of drug-likeness (QED) is 0.552. The number of carbonyl (C=O) groups excluding carboxylic acids is 2. The number of carbonyl (C=O) groups is 2. The van der Waals surface area contributed by atoms with Crippen molar-refractivity contribution in [3.63, 3.8) is 0 Å². The normalized spacial score (nSPS) is 13.0. The topological polar surface area (TPSA) is 62.6 Å². The molecular formula is C20H13Cl3N2O3. The summed E-state index contributed by atoms with van der Waals surface area (Å²) in [5.74, 6) is -0.498. The van der Waals surface area contributed by atoms with Crippen LogP contribution >= 0.6 is 34.8 Å². The highest BCUT2D eigenvalue weighted by atomic mass is 35.5. The van der Waals surface area contributed by atoms with Crippen molar-refractivity contribution in [1.29, 1.82) is 0 Å². The van der Waals surface area contributed by atoms with E-state index in [-0.39, 0.29) is 21.7 Å². The SMILES string of the molecule is Cc1ccoc1C(=O)Nc1ccc(N2Cc3cccc(Cl)c3C2=O)c(Cl)c1Cl. The van der Waals surface area contributed by atoms with Crippen LogP contribution in [0.3, 0.4) is 0 Å². The minimum absolute atomic E-state index is 0.131. The summed E-state index contributed by atoms with van der Waals surface area (Å²) in [4.78, 5) is 26.7. The van der Waals surface area contributed by atoms with Crippen LogP contribution in [0.25, 0.3) is 0 Å². The lowest BCUT2D eigenvalue weighted by molar-refractivity contribution is 0.0988. The van der Waals surface area contributed by atoms with Crippen LogP contribution in [-0.2, 0) is 6.54 Å². The van der Waals surface area contributed by atoms with Crippen molar-refractivity contribution in [2.75, 3.05) is 10.2 Å². The number of nitrogens with zero attached hydrogens (tertiary/aromatic N) is 1. The summed E-state index contributed by atoms with van der Waals surface area (Å²) < 4.78 is 5.18. The van der Waals surface area contributed by atoms with Crippen molar-refractivity contribution in [2.45, 2.75) is 13.5 Å². The monoisotopic (exact) mass is 434 g/mol. The van der Waals surface area contributed by atoms with E-state index in [2.05, 4.69) is 5.32 Å². The molecule has 1 N–H and O–H groups in total. The maximum absolute atomic E-state index is 12.8. The number of hydrogen-bond acceptors (Lipinski definition) is 3. The molecule has 8 heteroatoms. The summed E-state index contributed by atoms with van der Waals surface area (Å²) >= 11 is 19.0. The number of hydrogen-bond donors (Lipinski definition) is 1. The molecule has 0 spiro atoms. The fourth-order valence-corrected chi connectivity index (χ4v) is 3.89. The molecule has 3 aromatic rings. The van der Waals surface area contributed by atoms with Crippen molar-refractivity contribution in [3.8, 4) is 0 Å². The minimum Gasteiger partial charge on any atom is -0.459 e. The first-order valence-corrected chi connectivity index (χ1v) is 9.44. The molecule has 2 heterocycles. The fraction of sp³-hybridized carbons (Fsp3) is 0.100. The van der Waals surface area contributed by atoms with Gasteiger partial charge in [-0.05, 0) is 36.8 Å². The summed E-state index contributed by atoms with van der Waals surface area (Å²) in [7, 11) is 0. The predicted molar refractivity (Wildman–Crippen MR) is 110 cm³/mol. The number of anilines is 2. The average molecular weight is 436 g/mol. The third-order valence-electron chi connectivity index (χ3n) is 4.56. The van der Waals surface area contributed by atoms with Crippen molar-refractivity contribution in [3.05, 3.63) is 80.2 Å². The Morgan fingerprint density at radius 2 is 1.89 bits per heavy atom. The van der Waals surface area contributed by atoms with E-state index >= 15 is 0 Å². The number of aryl methyl sites for hydroxylation is 1. The van der Waals surface area contributed by atoms with Crippen LogP contribution in [-0.4, -0.2) is 11.8 Å². The molecule has 0 atom stereocenters. The summed E-state index contributed by atoms with van der Waals surface area (Å²) in [6.45, 7) is 2.10. The largest absolute Gasteiger partial charge is 0.459 e. The Labute approximate surface area is 175 Å². The number of rotatable bonds is 3. The molecule has 28 heavy (non-hydrogen) atoms. The van der Waals surface area contributed by atoms with Gasteiger partial charge in [-0.25, -0.2) is 0 Å². The average Bonchev–Trinajstić information content (AvgIpc) is 3.23. The highest BCUT2D eigenvalue weighted by Gasteiger charge is 2.32. The van der Waals surface area contributed by atoms with Crippen molar-refractivity contribution in [2.24, 2.45) is 0 Å². The number of amides is 2. The van der Waals surface area contributed by atoms with Gasteiger partial charge in [0.15, 0.2) is 5.76 Å². The van der Waals surface area contributed by atoms with Gasteiger partial charge in [-0.3, -0.25) is 9.59 Å². The van der Waals surface area contributed by atoms with Gasteiger partial charge in [0.1, 0.15) is 0 Å². The van der Waals surface area contributed by atoms with E-state index in [0.717, 1.165) is 5.56 Å². The van der Waals surface area contributed by atoms with Crippen LogP contribution in [0, 0.1) is 6.92 Å². The predicted octanol–water partition coefficient (Wildman–Crippen LogP) is 5.96. The third-order valence-corrected chi connectivity index (χ3v) is 5.74. The molecule has 0 saturated carbocycles. The molecule has 0 fully saturated rings. The first-order chi connectivity index (χ1) is 13.4. The summed E-state index contributed by atoms with van der Waals surface area (Å²) in [6.07, 6.45) is 1.43. The number of halogens is 3. The lowest BCUT2D eigenvalue weighted by Gasteiger charge is -2.19. The van der Waals surface area contributed by atoms with E-state index in [1.54, 1.807) is 37.3 Å². The molecule has 1 aliphatic rings. The van der Waals surface area contributed by atoms with Gasteiger partial charge in [-0.1, -0.05) is 46.9 Å². The van der Waals surface area contributed by atoms with Gasteiger partial charge >= 0.3 is 0 Å². The molecule has 142 valence electrons. The molecule has 2 aromatic carbocycles. The summed E-state index contributed by atoms with van der Waals surface area (Å²) in [5, 5.41) is 3.36. The zero-order valence-electron chi connectivity index (χ0n) is 14.6. The van der Waals surface area contributed by atoms with E-state index in [1.165, 1.54) is 11.2 Å². The molecule has 0 aliphatic carbocycles. The molecule has 2 amide bonds. The van der Waals surface area contributed by atoms with Gasteiger partial charge in [-0.15, -0.1) is 0 Å². The number of benzene rings is 2. The second-order valence-electron chi connectivity index (χ2n) is 6.31. The lowest BCUT2D eigenvalue weighted by Crippen LogP contribution is -2.23. The Balaban J connectivity index is 1.64. The molecular weight excluding hydrogens is 423 g/mol. The Morgan fingerprint density at radius 3 is 2.57 bits per heavy atom. The number of fused-ring (bicyclic) bond motifs is 1. The zero-order chi connectivity index (χ0) is 20.0. The van der Waals surface area contributed by atoms with E-state index < -0.39 is 5.91 Å². The Hall–Kier alpha value is -2.47. The number of nitrogens with one attached hydrogen (secondary N) is 1. The van der Waals surface area contributed by atoms with Crippen LogP contribution < -0.4 is 10.2 Å². The first kappa shape index (κ1) is 18.9. The van der Waals surface area contributed by atoms with E-state index in [0.29, 0.717) is 34.1 Å². The van der Waals surface area contributed by atoms with Crippen molar-refractivity contribution in [1.82, 2.24) is 0 Å². The van der Waals surface area contributed by atoms with E-state index in [1.807, 2.05) is 6.07 Å². The molecule has 1 aromatic heterocycles. The van der Waals surface area contributed by atoms with Crippen LogP contribution in [0.1, 0.15) is 32.0 Å². The molecule has 0 radical (unpaired) electrons. The second-order valence-corrected chi connectivity index (χ2v) is 7.48. The highest BCUT2D eigenvalue weighted by Crippen LogP contribution is 2.41. The Bertz CT molecular complexity index is 1120. The van der Waals surface area contributed by atoms with Crippen molar-refractivity contribution < 1.29 is 14.0 Å². The third kappa shape index (κ3) is 3.05. The lowest BCUT2D eigenvalue weighted by atomic mass is 10.1. The Kier molecular flexibility index (Phi) is 4.83. The van der Waals surface area contributed by atoms with E-state index in [4.69, 9.17) is 39.2 Å². The number of furan rings is 1. The maximum Gasteiger partial charge on any atom is 0.291 e. The van der Waals surface area contributed by atoms with Gasteiger partial charge in [0.05, 0.1) is 44.8 Å². The van der Waals surface area contributed by atoms with Gasteiger partial charge < -0.3 is 14.6 Å². The summed E-state index contributed by atoms with van der Waals surface area (Å²) in [5.41, 5.74) is 2.74. The fourth-order valence-electron chi connectivity index (χ4n) is 3.14. The van der Waals surface area contributed by atoms with Crippen molar-refractivity contribution >= 4 is 58.0 Å². The molecule has 5 nitrogen and oxygen atoms in total. The first-order valence-electron chi connectivity index (χ1n) is 8.31. The van der Waals surface area contributed by atoms with Gasteiger partial charge in [-0.2, -0.15) is 0 Å². The second kappa shape index (κ2) is 7.17. The van der Waals surface area contributed by atoms with Crippen LogP contribution in [0.2, 0.25) is 15.1 Å². The molecule has 0 saturated heterocycles. The molecule has 1 aliphatic heterocycles. The molecule has 4 rings (SSSR count). The van der Waals surface area contributed by atoms with Crippen LogP contribution in [0.5, 0.6) is 0 Å². The minimum atomic E-state index is -0.440. The Morgan fingerprint density at radius 1 is 1.11 bits per heavy atom. The molecule has 0 bridgehead atoms. The van der Waals surface area contributed by atoms with Gasteiger partial charge in [0.2, 0.25) is 0 Å². The van der Waals surface area contributed by atoms with E-state index in [9.17, 15) is 9.59 Å². The summed E-state index contributed by atoms with van der Waals surface area (Å²) in [6, 6.07) is 10.2. The standard InChI is InChI=1S/C20H13Cl3N2O3/c1-10-7-8-28-18(10)19(26)24-13-5-6-14(17(23)16(13)22)25-9-11-3-2-4-12(21)15(11)20(25)27/h2-8H,9H2,1H3,(H,24,26). The van der Waals surface area contributed by atoms with Gasteiger partial charge in [0.25, 0.3) is 11.8 Å². The smallest absolute Gasteiger partial charge is 0.291 e.